The molecule has 6 heteroatoms. The van der Waals surface area contributed by atoms with Crippen molar-refractivity contribution in [3.63, 3.8) is 0 Å². The second-order valence-corrected chi connectivity index (χ2v) is 4.59. The van der Waals surface area contributed by atoms with Crippen molar-refractivity contribution in [3.8, 4) is 0 Å². The van der Waals surface area contributed by atoms with E-state index in [0.29, 0.717) is 11.3 Å². The molecule has 1 fully saturated rings. The van der Waals surface area contributed by atoms with Crippen molar-refractivity contribution < 1.29 is 8.78 Å². The average molecular weight is 251 g/mol. The molecule has 1 N–H and O–H groups in total. The van der Waals surface area contributed by atoms with Gasteiger partial charge in [0.2, 0.25) is 0 Å². The first kappa shape index (κ1) is 11.6. The molecule has 1 unspecified atom stereocenters. The molecule has 2 heterocycles. The summed E-state index contributed by atoms with van der Waals surface area (Å²) in [4.78, 5) is 9.29. The molecule has 1 atom stereocenters. The Hall–Kier alpha value is -1.53. The fraction of sp³-hybridized carbons (Fsp3) is 0.417. The zero-order valence-electron chi connectivity index (χ0n) is 9.95. The topological polar surface area (TPSA) is 46.0 Å². The average Bonchev–Trinajstić information content (AvgIpc) is 2.73. The minimum atomic E-state index is -0.642. The number of nitrogens with zero attached hydrogens (tertiary/aromatic N) is 3. The molecule has 2 aromatic rings. The summed E-state index contributed by atoms with van der Waals surface area (Å²) in [5.41, 5.74) is 0.556. The van der Waals surface area contributed by atoms with Crippen LogP contribution in [0.5, 0.6) is 0 Å². The number of piperazine rings is 1. The van der Waals surface area contributed by atoms with E-state index < -0.39 is 11.6 Å². The number of hydrogen-bond acceptors (Lipinski definition) is 2. The highest BCUT2D eigenvalue weighted by molar-refractivity contribution is 5.75. The van der Waals surface area contributed by atoms with Gasteiger partial charge in [-0.2, -0.15) is 0 Å². The predicted molar refractivity (Wildman–Crippen MR) is 63.2 cm³/mol. The van der Waals surface area contributed by atoms with Crippen LogP contribution in [0.15, 0.2) is 12.1 Å². The van der Waals surface area contributed by atoms with E-state index in [2.05, 4.69) is 20.2 Å². The zero-order chi connectivity index (χ0) is 12.7. The molecule has 1 radical (unpaired) electrons. The van der Waals surface area contributed by atoms with Crippen LogP contribution in [0.25, 0.3) is 11.0 Å². The molecule has 1 aliphatic heterocycles. The predicted octanol–water partition coefficient (Wildman–Crippen LogP) is 1.43. The number of nitrogens with one attached hydrogen (secondary N) is 1. The van der Waals surface area contributed by atoms with Crippen LogP contribution in [0.1, 0.15) is 11.9 Å². The largest absolute Gasteiger partial charge is 0.340 e. The van der Waals surface area contributed by atoms with E-state index in [4.69, 9.17) is 0 Å². The third-order valence-electron chi connectivity index (χ3n) is 3.15. The molecule has 95 valence electrons. The molecule has 1 aliphatic rings. The lowest BCUT2D eigenvalue weighted by molar-refractivity contribution is 0.232. The number of rotatable bonds is 1. The zero-order valence-corrected chi connectivity index (χ0v) is 9.95. The third-order valence-corrected chi connectivity index (χ3v) is 3.15. The summed E-state index contributed by atoms with van der Waals surface area (Å²) >= 11 is 0. The Labute approximate surface area is 103 Å². The van der Waals surface area contributed by atoms with Gasteiger partial charge in [0.15, 0.2) is 5.82 Å². The van der Waals surface area contributed by atoms with Gasteiger partial charge in [0.25, 0.3) is 0 Å². The maximum absolute atomic E-state index is 13.5. The Bertz CT molecular complexity index is 581. The summed E-state index contributed by atoms with van der Waals surface area (Å²) in [6, 6.07) is 2.00. The van der Waals surface area contributed by atoms with Crippen molar-refractivity contribution in [2.75, 3.05) is 26.7 Å². The van der Waals surface area contributed by atoms with Gasteiger partial charge in [-0.1, -0.05) is 0 Å². The van der Waals surface area contributed by atoms with Gasteiger partial charge in [-0.15, -0.1) is 0 Å². The van der Waals surface area contributed by atoms with Gasteiger partial charge in [0.1, 0.15) is 17.2 Å². The molecule has 1 aromatic heterocycles. The van der Waals surface area contributed by atoms with Crippen molar-refractivity contribution in [1.82, 2.24) is 20.2 Å². The highest BCUT2D eigenvalue weighted by Gasteiger charge is 2.23. The van der Waals surface area contributed by atoms with E-state index >= 15 is 0 Å². The highest BCUT2D eigenvalue weighted by Crippen LogP contribution is 2.22. The number of aromatic nitrogens is 2. The van der Waals surface area contributed by atoms with Gasteiger partial charge < -0.3 is 9.88 Å². The normalized spacial score (nSPS) is 21.6. The van der Waals surface area contributed by atoms with Crippen molar-refractivity contribution in [3.05, 3.63) is 29.6 Å². The van der Waals surface area contributed by atoms with Crippen LogP contribution >= 0.6 is 0 Å². The van der Waals surface area contributed by atoms with Crippen LogP contribution in [0, 0.1) is 11.6 Å². The van der Waals surface area contributed by atoms with Crippen LogP contribution in [-0.2, 0) is 0 Å². The monoisotopic (exact) mass is 251 g/mol. The van der Waals surface area contributed by atoms with Gasteiger partial charge >= 0.3 is 0 Å². The fourth-order valence-corrected chi connectivity index (χ4v) is 2.22. The van der Waals surface area contributed by atoms with Crippen molar-refractivity contribution in [2.45, 2.75) is 6.04 Å². The number of benzene rings is 1. The van der Waals surface area contributed by atoms with Crippen LogP contribution in [0.3, 0.4) is 0 Å². The van der Waals surface area contributed by atoms with Crippen molar-refractivity contribution in [2.24, 2.45) is 0 Å². The van der Waals surface area contributed by atoms with Gasteiger partial charge in [-0.05, 0) is 13.1 Å². The molecule has 1 aromatic carbocycles. The number of fused-ring (bicyclic) bond motifs is 1. The summed E-state index contributed by atoms with van der Waals surface area (Å²) in [6.07, 6.45) is 0. The Morgan fingerprint density at radius 3 is 3.00 bits per heavy atom. The van der Waals surface area contributed by atoms with Crippen LogP contribution < -0.4 is 5.32 Å². The van der Waals surface area contributed by atoms with Crippen LogP contribution in [-0.4, -0.2) is 41.5 Å². The molecule has 0 bridgehead atoms. The number of H-pyrrole nitrogens is 1. The summed E-state index contributed by atoms with van der Waals surface area (Å²) in [7, 11) is 2.00. The third kappa shape index (κ3) is 1.97. The number of aromatic amines is 1. The molecular weight excluding hydrogens is 238 g/mol. The second-order valence-electron chi connectivity index (χ2n) is 4.59. The molecule has 1 saturated heterocycles. The first-order valence-corrected chi connectivity index (χ1v) is 5.83. The molecule has 3 rings (SSSR count). The highest BCUT2D eigenvalue weighted by atomic mass is 19.1. The minimum absolute atomic E-state index is 0.0985. The maximum atomic E-state index is 13.5. The van der Waals surface area contributed by atoms with Crippen LogP contribution in [0.4, 0.5) is 8.78 Å². The summed E-state index contributed by atoms with van der Waals surface area (Å²) in [5.74, 6) is -0.648. The van der Waals surface area contributed by atoms with Crippen molar-refractivity contribution in [1.29, 1.82) is 0 Å². The van der Waals surface area contributed by atoms with E-state index in [1.165, 1.54) is 6.07 Å². The smallest absolute Gasteiger partial charge is 0.153 e. The molecule has 0 spiro atoms. The number of imidazole rings is 1. The SMILES string of the molecule is CN1CC[N]C(c2nc3c(F)cc(F)cc3[nH]2)C1. The molecule has 0 saturated carbocycles. The first-order chi connectivity index (χ1) is 8.63. The van der Waals surface area contributed by atoms with Gasteiger partial charge in [-0.3, -0.25) is 0 Å². The molecule has 4 nitrogen and oxygen atoms in total. The van der Waals surface area contributed by atoms with Gasteiger partial charge in [0, 0.05) is 25.7 Å². The molecule has 0 aliphatic carbocycles. The van der Waals surface area contributed by atoms with Gasteiger partial charge in [-0.25, -0.2) is 19.1 Å². The van der Waals surface area contributed by atoms with Gasteiger partial charge in [0.05, 0.1) is 11.6 Å². The quantitative estimate of drug-likeness (QED) is 0.833. The summed E-state index contributed by atoms with van der Waals surface area (Å²) in [5, 5.41) is 4.45. The van der Waals surface area contributed by atoms with Crippen LogP contribution in [0.2, 0.25) is 0 Å². The summed E-state index contributed by atoms with van der Waals surface area (Å²) < 4.78 is 26.6. The Balaban J connectivity index is 2.00. The van der Waals surface area contributed by atoms with E-state index in [1.807, 2.05) is 7.05 Å². The van der Waals surface area contributed by atoms with Crippen molar-refractivity contribution >= 4 is 11.0 Å². The minimum Gasteiger partial charge on any atom is -0.340 e. The fourth-order valence-electron chi connectivity index (χ4n) is 2.22. The lowest BCUT2D eigenvalue weighted by Gasteiger charge is -2.28. The molecule has 0 amide bonds. The number of hydrogen-bond donors (Lipinski definition) is 1. The van der Waals surface area contributed by atoms with E-state index in [9.17, 15) is 8.78 Å². The lowest BCUT2D eigenvalue weighted by Crippen LogP contribution is -2.40. The first-order valence-electron chi connectivity index (χ1n) is 5.83. The van der Waals surface area contributed by atoms with E-state index in [1.54, 1.807) is 0 Å². The maximum Gasteiger partial charge on any atom is 0.153 e. The summed E-state index contributed by atoms with van der Waals surface area (Å²) in [6.45, 7) is 2.39. The Morgan fingerprint density at radius 2 is 2.22 bits per heavy atom. The second kappa shape index (κ2) is 4.29. The van der Waals surface area contributed by atoms with E-state index in [-0.39, 0.29) is 11.6 Å². The molecular formula is C12H13F2N4. The Morgan fingerprint density at radius 1 is 1.39 bits per heavy atom. The number of halogens is 2. The Kier molecular flexibility index (Phi) is 2.76. The van der Waals surface area contributed by atoms with E-state index in [0.717, 1.165) is 25.7 Å². The lowest BCUT2D eigenvalue weighted by atomic mass is 10.2. The number of likely N-dealkylation sites (N-methyl/N-ethyl adjacent to an activating group) is 1. The standard InChI is InChI=1S/C12H13F2N4/c1-18-3-2-15-10(6-18)12-16-9-5-7(13)4-8(14)11(9)17-12/h4-5,10H,2-3,6H2,1H3,(H,16,17). The molecule has 18 heavy (non-hydrogen) atoms.